The fourth-order valence-electron chi connectivity index (χ4n) is 3.05. The van der Waals surface area contributed by atoms with Crippen molar-refractivity contribution in [3.63, 3.8) is 0 Å². The molecule has 0 spiro atoms. The normalized spacial score (nSPS) is 15.3. The van der Waals surface area contributed by atoms with Crippen molar-refractivity contribution in [1.82, 2.24) is 15.0 Å². The Morgan fingerprint density at radius 2 is 1.96 bits per heavy atom. The Morgan fingerprint density at radius 3 is 2.54 bits per heavy atom. The zero-order valence-electron chi connectivity index (χ0n) is 15.4. The zero-order valence-corrected chi connectivity index (χ0v) is 16.2. The summed E-state index contributed by atoms with van der Waals surface area (Å²) in [5.74, 6) is 1.06. The van der Waals surface area contributed by atoms with Gasteiger partial charge < -0.3 is 14.7 Å². The van der Waals surface area contributed by atoms with E-state index in [2.05, 4.69) is 24.3 Å². The summed E-state index contributed by atoms with van der Waals surface area (Å²) in [7, 11) is 0. The third-order valence-electron chi connectivity index (χ3n) is 4.47. The van der Waals surface area contributed by atoms with Gasteiger partial charge in [0.05, 0.1) is 11.4 Å². The van der Waals surface area contributed by atoms with Crippen molar-refractivity contribution < 1.29 is 14.1 Å². The highest BCUT2D eigenvalue weighted by Crippen LogP contribution is 2.24. The smallest absolute Gasteiger partial charge is 0.264 e. The molecule has 7 nitrogen and oxygen atoms in total. The maximum atomic E-state index is 12.7. The molecule has 0 aliphatic carbocycles. The molecule has 2 aromatic rings. The number of carbonyl (C=O) groups excluding carboxylic acids is 2. The van der Waals surface area contributed by atoms with Crippen LogP contribution in [0.1, 0.15) is 32.8 Å². The molecule has 0 aromatic carbocycles. The lowest BCUT2D eigenvalue weighted by atomic mass is 10.2. The lowest BCUT2D eigenvalue weighted by Gasteiger charge is -2.34. The van der Waals surface area contributed by atoms with Gasteiger partial charge in [-0.15, -0.1) is 11.3 Å². The van der Waals surface area contributed by atoms with Crippen molar-refractivity contribution >= 4 is 29.0 Å². The van der Waals surface area contributed by atoms with Crippen LogP contribution in [0.5, 0.6) is 0 Å². The summed E-state index contributed by atoms with van der Waals surface area (Å²) in [5, 5.41) is 6.48. The summed E-state index contributed by atoms with van der Waals surface area (Å²) in [6.45, 7) is 8.85. The number of thiophene rings is 1. The molecule has 1 saturated heterocycles. The molecule has 0 unspecified atom stereocenters. The minimum Gasteiger partial charge on any atom is -0.360 e. The monoisotopic (exact) mass is 376 g/mol. The Labute approximate surface area is 156 Å². The van der Waals surface area contributed by atoms with Gasteiger partial charge in [-0.25, -0.2) is 0 Å². The molecular weight excluding hydrogens is 352 g/mol. The predicted octanol–water partition coefficient (Wildman–Crippen LogP) is 2.31. The molecule has 0 bridgehead atoms. The second kappa shape index (κ2) is 8.01. The highest BCUT2D eigenvalue weighted by atomic mass is 32.1. The number of aromatic nitrogens is 1. The van der Waals surface area contributed by atoms with Crippen molar-refractivity contribution in [3.8, 4) is 0 Å². The number of rotatable bonds is 5. The van der Waals surface area contributed by atoms with Gasteiger partial charge in [-0.3, -0.25) is 14.5 Å². The second-order valence-electron chi connectivity index (χ2n) is 6.51. The molecule has 2 aromatic heterocycles. The van der Waals surface area contributed by atoms with Gasteiger partial charge in [0.1, 0.15) is 5.76 Å². The molecule has 3 rings (SSSR count). The van der Waals surface area contributed by atoms with Gasteiger partial charge in [0, 0.05) is 37.1 Å². The molecule has 0 saturated carbocycles. The molecule has 0 radical (unpaired) electrons. The molecular formula is C18H24N4O3S. The molecule has 0 atom stereocenters. The molecule has 1 N–H and O–H groups in total. The van der Waals surface area contributed by atoms with E-state index in [1.807, 2.05) is 15.9 Å². The number of anilines is 1. The Hall–Kier alpha value is -2.19. The van der Waals surface area contributed by atoms with Gasteiger partial charge >= 0.3 is 0 Å². The van der Waals surface area contributed by atoms with Crippen LogP contribution in [0.15, 0.2) is 16.7 Å². The molecule has 140 valence electrons. The number of piperazine rings is 1. The average molecular weight is 376 g/mol. The van der Waals surface area contributed by atoms with Gasteiger partial charge in [-0.05, 0) is 31.9 Å². The highest BCUT2D eigenvalue weighted by molar-refractivity contribution is 7.14. The van der Waals surface area contributed by atoms with E-state index >= 15 is 0 Å². The topological polar surface area (TPSA) is 78.7 Å². The van der Waals surface area contributed by atoms with Gasteiger partial charge in [0.2, 0.25) is 5.91 Å². The Balaban J connectivity index is 1.49. The first kappa shape index (κ1) is 18.6. The van der Waals surface area contributed by atoms with Gasteiger partial charge in [-0.2, -0.15) is 0 Å². The minimum atomic E-state index is -0.125. The SMILES string of the molecule is CCc1sc(C(=O)N2CCN(CC(=O)Nc3cc(C)on3)CC2)cc1C. The fourth-order valence-corrected chi connectivity index (χ4v) is 4.13. The third-order valence-corrected chi connectivity index (χ3v) is 5.84. The van der Waals surface area contributed by atoms with Crippen LogP contribution < -0.4 is 5.32 Å². The zero-order chi connectivity index (χ0) is 18.7. The summed E-state index contributed by atoms with van der Waals surface area (Å²) in [6.07, 6.45) is 0.956. The van der Waals surface area contributed by atoms with Crippen molar-refractivity contribution in [2.24, 2.45) is 0 Å². The van der Waals surface area contributed by atoms with Crippen molar-refractivity contribution in [3.05, 3.63) is 33.2 Å². The Morgan fingerprint density at radius 1 is 1.23 bits per heavy atom. The third kappa shape index (κ3) is 4.31. The van der Waals surface area contributed by atoms with Crippen molar-refractivity contribution in [2.45, 2.75) is 27.2 Å². The largest absolute Gasteiger partial charge is 0.360 e. The molecule has 3 heterocycles. The number of amides is 2. The average Bonchev–Trinajstić information content (AvgIpc) is 3.20. The van der Waals surface area contributed by atoms with Crippen LogP contribution in [-0.4, -0.2) is 59.5 Å². The Kier molecular flexibility index (Phi) is 5.73. The van der Waals surface area contributed by atoms with Crippen molar-refractivity contribution in [1.29, 1.82) is 0 Å². The quantitative estimate of drug-likeness (QED) is 0.866. The predicted molar refractivity (Wildman–Crippen MR) is 101 cm³/mol. The molecule has 2 amide bonds. The summed E-state index contributed by atoms with van der Waals surface area (Å²) in [5.41, 5.74) is 1.19. The summed E-state index contributed by atoms with van der Waals surface area (Å²) in [4.78, 5) is 30.8. The van der Waals surface area contributed by atoms with Crippen LogP contribution in [0, 0.1) is 13.8 Å². The first-order valence-electron chi connectivity index (χ1n) is 8.80. The molecule has 1 fully saturated rings. The van der Waals surface area contributed by atoms with Gasteiger partial charge in [-0.1, -0.05) is 12.1 Å². The number of nitrogens with zero attached hydrogens (tertiary/aromatic N) is 3. The van der Waals surface area contributed by atoms with Crippen LogP contribution >= 0.6 is 11.3 Å². The minimum absolute atomic E-state index is 0.0972. The van der Waals surface area contributed by atoms with E-state index in [-0.39, 0.29) is 18.4 Å². The standard InChI is InChI=1S/C18H24N4O3S/c1-4-14-12(2)9-15(26-14)18(24)22-7-5-21(6-8-22)11-17(23)19-16-10-13(3)25-20-16/h9-10H,4-8,11H2,1-3H3,(H,19,20,23). The van der Waals surface area contributed by atoms with E-state index < -0.39 is 0 Å². The van der Waals surface area contributed by atoms with Crippen molar-refractivity contribution in [2.75, 3.05) is 38.0 Å². The van der Waals surface area contributed by atoms with Crippen LogP contribution in [0.3, 0.4) is 0 Å². The fraction of sp³-hybridized carbons (Fsp3) is 0.500. The van der Waals surface area contributed by atoms with Gasteiger partial charge in [0.15, 0.2) is 5.82 Å². The molecule has 1 aliphatic rings. The van der Waals surface area contributed by atoms with Crippen LogP contribution in [0.2, 0.25) is 0 Å². The maximum absolute atomic E-state index is 12.7. The Bertz CT molecular complexity index is 790. The van der Waals surface area contributed by atoms with E-state index in [4.69, 9.17) is 4.52 Å². The van der Waals surface area contributed by atoms with Crippen LogP contribution in [0.4, 0.5) is 5.82 Å². The maximum Gasteiger partial charge on any atom is 0.264 e. The lowest BCUT2D eigenvalue weighted by molar-refractivity contribution is -0.117. The molecule has 1 aliphatic heterocycles. The number of aryl methyl sites for hydroxylation is 3. The number of hydrogen-bond donors (Lipinski definition) is 1. The second-order valence-corrected chi connectivity index (χ2v) is 7.65. The van der Waals surface area contributed by atoms with E-state index in [0.29, 0.717) is 37.8 Å². The number of carbonyl (C=O) groups is 2. The molecule has 8 heteroatoms. The van der Waals surface area contributed by atoms with Crippen LogP contribution in [-0.2, 0) is 11.2 Å². The molecule has 26 heavy (non-hydrogen) atoms. The number of hydrogen-bond acceptors (Lipinski definition) is 6. The van der Waals surface area contributed by atoms with E-state index in [0.717, 1.165) is 11.3 Å². The summed E-state index contributed by atoms with van der Waals surface area (Å²) >= 11 is 1.59. The number of nitrogens with one attached hydrogen (secondary N) is 1. The van der Waals surface area contributed by atoms with E-state index in [1.165, 1.54) is 10.4 Å². The van der Waals surface area contributed by atoms with Crippen LogP contribution in [0.25, 0.3) is 0 Å². The summed E-state index contributed by atoms with van der Waals surface area (Å²) in [6, 6.07) is 3.67. The first-order valence-corrected chi connectivity index (χ1v) is 9.62. The van der Waals surface area contributed by atoms with E-state index in [1.54, 1.807) is 24.3 Å². The lowest BCUT2D eigenvalue weighted by Crippen LogP contribution is -2.50. The highest BCUT2D eigenvalue weighted by Gasteiger charge is 2.25. The van der Waals surface area contributed by atoms with E-state index in [9.17, 15) is 9.59 Å². The van der Waals surface area contributed by atoms with Gasteiger partial charge in [0.25, 0.3) is 5.91 Å². The summed E-state index contributed by atoms with van der Waals surface area (Å²) < 4.78 is 4.93. The first-order chi connectivity index (χ1) is 12.5.